The molecule has 0 aliphatic rings. The highest BCUT2D eigenvalue weighted by atomic mass is 16.4. The molecule has 0 radical (unpaired) electrons. The number of hydrogen-bond donors (Lipinski definition) is 3. The lowest BCUT2D eigenvalue weighted by molar-refractivity contribution is -0.149. The van der Waals surface area contributed by atoms with Gasteiger partial charge >= 0.3 is 5.97 Å². The summed E-state index contributed by atoms with van der Waals surface area (Å²) in [7, 11) is 3.49. The van der Waals surface area contributed by atoms with Crippen molar-refractivity contribution in [3.8, 4) is 0 Å². The second-order valence-electron chi connectivity index (χ2n) is 3.88. The summed E-state index contributed by atoms with van der Waals surface area (Å²) in [5.74, 6) is -0.797. The number of aliphatic imine (C=N–C) groups is 1. The van der Waals surface area contributed by atoms with E-state index < -0.39 is 11.5 Å². The van der Waals surface area contributed by atoms with Crippen molar-refractivity contribution in [2.24, 2.45) is 16.5 Å². The van der Waals surface area contributed by atoms with E-state index in [1.165, 1.54) is 0 Å². The number of nitrogens with two attached hydrogens (primary N) is 2. The van der Waals surface area contributed by atoms with Crippen LogP contribution in [0.5, 0.6) is 0 Å². The molecule has 0 heterocycles. The Balaban J connectivity index is 4.21. The third-order valence-electron chi connectivity index (χ3n) is 2.56. The number of carboxylic acid groups (broad SMARTS) is 1. The number of likely N-dealkylation sites (N-methyl/N-ethyl adjacent to an activating group) is 1. The summed E-state index contributed by atoms with van der Waals surface area (Å²) in [4.78, 5) is 16.6. The van der Waals surface area contributed by atoms with Gasteiger partial charge < -0.3 is 16.6 Å². The fraction of sp³-hybridized carbons (Fsp3) is 0.778. The summed E-state index contributed by atoms with van der Waals surface area (Å²) >= 11 is 0. The normalized spacial score (nSPS) is 14.7. The lowest BCUT2D eigenvalue weighted by Gasteiger charge is -2.31. The molecule has 1 atom stereocenters. The van der Waals surface area contributed by atoms with Gasteiger partial charge in [0.05, 0.1) is 0 Å². The summed E-state index contributed by atoms with van der Waals surface area (Å²) in [5, 5.41) is 9.08. The number of carbonyl (C=O) groups is 1. The van der Waals surface area contributed by atoms with Crippen LogP contribution in [-0.2, 0) is 4.79 Å². The highest BCUT2D eigenvalue weighted by Crippen LogP contribution is 2.18. The van der Waals surface area contributed by atoms with E-state index in [1.807, 2.05) is 0 Å². The van der Waals surface area contributed by atoms with Gasteiger partial charge in [-0.15, -0.1) is 0 Å². The third kappa shape index (κ3) is 4.16. The zero-order chi connectivity index (χ0) is 12.1. The summed E-state index contributed by atoms with van der Waals surface area (Å²) in [6, 6.07) is 0. The molecule has 0 amide bonds. The molecular formula is C9H20N4O2. The molecule has 88 valence electrons. The molecule has 0 saturated heterocycles. The lowest BCUT2D eigenvalue weighted by Crippen LogP contribution is -2.48. The largest absolute Gasteiger partial charge is 0.480 e. The zero-order valence-corrected chi connectivity index (χ0v) is 9.53. The molecule has 0 unspecified atom stereocenters. The first kappa shape index (κ1) is 13.7. The Morgan fingerprint density at radius 1 is 1.47 bits per heavy atom. The Morgan fingerprint density at radius 2 is 2.00 bits per heavy atom. The van der Waals surface area contributed by atoms with E-state index in [0.717, 1.165) is 0 Å². The first-order chi connectivity index (χ1) is 6.80. The van der Waals surface area contributed by atoms with E-state index >= 15 is 0 Å². The van der Waals surface area contributed by atoms with Gasteiger partial charge in [0.25, 0.3) is 0 Å². The zero-order valence-electron chi connectivity index (χ0n) is 9.53. The number of rotatable bonds is 6. The quantitative estimate of drug-likeness (QED) is 0.314. The minimum Gasteiger partial charge on any atom is -0.480 e. The number of guanidine groups is 1. The first-order valence-corrected chi connectivity index (χ1v) is 4.77. The van der Waals surface area contributed by atoms with Crippen molar-refractivity contribution in [1.82, 2.24) is 4.90 Å². The van der Waals surface area contributed by atoms with Gasteiger partial charge in [-0.2, -0.15) is 0 Å². The van der Waals surface area contributed by atoms with E-state index in [2.05, 4.69) is 4.99 Å². The van der Waals surface area contributed by atoms with E-state index in [4.69, 9.17) is 16.6 Å². The van der Waals surface area contributed by atoms with Crippen LogP contribution in [0.4, 0.5) is 0 Å². The minimum absolute atomic E-state index is 0.0388. The monoisotopic (exact) mass is 216 g/mol. The Kier molecular flexibility index (Phi) is 5.07. The van der Waals surface area contributed by atoms with Gasteiger partial charge in [0, 0.05) is 6.54 Å². The maximum atomic E-state index is 11.1. The molecule has 0 fully saturated rings. The van der Waals surface area contributed by atoms with Crippen LogP contribution in [0.2, 0.25) is 0 Å². The van der Waals surface area contributed by atoms with Crippen LogP contribution in [0, 0.1) is 0 Å². The van der Waals surface area contributed by atoms with Crippen molar-refractivity contribution in [3.05, 3.63) is 0 Å². The van der Waals surface area contributed by atoms with Gasteiger partial charge in [-0.25, -0.2) is 0 Å². The molecule has 6 nitrogen and oxygen atoms in total. The molecule has 0 aliphatic carbocycles. The smallest absolute Gasteiger partial charge is 0.323 e. The van der Waals surface area contributed by atoms with Crippen molar-refractivity contribution in [1.29, 1.82) is 0 Å². The Bertz CT molecular complexity index is 248. The van der Waals surface area contributed by atoms with Gasteiger partial charge in [-0.3, -0.25) is 14.7 Å². The SMILES string of the molecule is CN(C)[C@@](C)(CCCN=C(N)N)C(=O)O. The maximum Gasteiger partial charge on any atom is 0.323 e. The summed E-state index contributed by atoms with van der Waals surface area (Å²) in [6.07, 6.45) is 1.14. The Morgan fingerprint density at radius 3 is 2.33 bits per heavy atom. The molecule has 15 heavy (non-hydrogen) atoms. The van der Waals surface area contributed by atoms with Gasteiger partial charge in [-0.1, -0.05) is 0 Å². The van der Waals surface area contributed by atoms with Crippen molar-refractivity contribution in [2.75, 3.05) is 20.6 Å². The number of hydrogen-bond acceptors (Lipinski definition) is 3. The molecule has 0 spiro atoms. The fourth-order valence-electron chi connectivity index (χ4n) is 1.15. The predicted octanol–water partition coefficient (Wildman–Crippen LogP) is -0.555. The number of aliphatic carboxylic acids is 1. The molecule has 0 aliphatic heterocycles. The van der Waals surface area contributed by atoms with E-state index in [1.54, 1.807) is 25.9 Å². The average Bonchev–Trinajstić information content (AvgIpc) is 2.10. The van der Waals surface area contributed by atoms with Crippen molar-refractivity contribution < 1.29 is 9.90 Å². The van der Waals surface area contributed by atoms with Crippen LogP contribution in [0.25, 0.3) is 0 Å². The van der Waals surface area contributed by atoms with Gasteiger partial charge in [-0.05, 0) is 33.9 Å². The van der Waals surface area contributed by atoms with Crippen molar-refractivity contribution >= 4 is 11.9 Å². The van der Waals surface area contributed by atoms with Crippen LogP contribution < -0.4 is 11.5 Å². The van der Waals surface area contributed by atoms with Crippen LogP contribution in [0.1, 0.15) is 19.8 Å². The van der Waals surface area contributed by atoms with Crippen LogP contribution in [0.3, 0.4) is 0 Å². The minimum atomic E-state index is -0.862. The van der Waals surface area contributed by atoms with Crippen molar-refractivity contribution in [3.63, 3.8) is 0 Å². The molecule has 0 aromatic heterocycles. The first-order valence-electron chi connectivity index (χ1n) is 4.77. The van der Waals surface area contributed by atoms with Gasteiger partial charge in [0.1, 0.15) is 5.54 Å². The summed E-state index contributed by atoms with van der Waals surface area (Å²) < 4.78 is 0. The molecule has 0 aromatic rings. The fourth-order valence-corrected chi connectivity index (χ4v) is 1.15. The standard InChI is InChI=1S/C9H20N4O2/c1-9(7(14)15,13(2)3)5-4-6-12-8(10)11/h4-6H2,1-3H3,(H,14,15)(H4,10,11,12)/t9-/m0/s1. The highest BCUT2D eigenvalue weighted by Gasteiger charge is 2.34. The number of carboxylic acids is 1. The Labute approximate surface area is 89.9 Å². The van der Waals surface area contributed by atoms with E-state index in [0.29, 0.717) is 19.4 Å². The molecule has 0 saturated carbocycles. The third-order valence-corrected chi connectivity index (χ3v) is 2.56. The van der Waals surface area contributed by atoms with Crippen molar-refractivity contribution in [2.45, 2.75) is 25.3 Å². The Hall–Kier alpha value is -1.30. The van der Waals surface area contributed by atoms with Crippen LogP contribution in [0.15, 0.2) is 4.99 Å². The molecule has 0 aromatic carbocycles. The summed E-state index contributed by atoms with van der Waals surface area (Å²) in [6.45, 7) is 2.14. The molecule has 0 bridgehead atoms. The highest BCUT2D eigenvalue weighted by molar-refractivity contribution is 5.78. The maximum absolute atomic E-state index is 11.1. The molecule has 5 N–H and O–H groups in total. The lowest BCUT2D eigenvalue weighted by atomic mass is 9.94. The van der Waals surface area contributed by atoms with E-state index in [-0.39, 0.29) is 5.96 Å². The van der Waals surface area contributed by atoms with E-state index in [9.17, 15) is 4.79 Å². The number of nitrogens with zero attached hydrogens (tertiary/aromatic N) is 2. The molecule has 6 heteroatoms. The molecular weight excluding hydrogens is 196 g/mol. The average molecular weight is 216 g/mol. The van der Waals surface area contributed by atoms with Gasteiger partial charge in [0.15, 0.2) is 5.96 Å². The van der Waals surface area contributed by atoms with Crippen LogP contribution >= 0.6 is 0 Å². The van der Waals surface area contributed by atoms with Gasteiger partial charge in [0.2, 0.25) is 0 Å². The summed E-state index contributed by atoms with van der Waals surface area (Å²) in [5.41, 5.74) is 9.46. The predicted molar refractivity (Wildman–Crippen MR) is 59.6 cm³/mol. The second-order valence-corrected chi connectivity index (χ2v) is 3.88. The van der Waals surface area contributed by atoms with Crippen LogP contribution in [-0.4, -0.2) is 48.1 Å². The second kappa shape index (κ2) is 5.55. The molecule has 0 rings (SSSR count). The topological polar surface area (TPSA) is 105 Å².